The van der Waals surface area contributed by atoms with E-state index in [0.29, 0.717) is 52.4 Å². The molecule has 0 unspecified atom stereocenters. The topological polar surface area (TPSA) is 98.5 Å². The lowest BCUT2D eigenvalue weighted by Crippen LogP contribution is -2.21. The van der Waals surface area contributed by atoms with Gasteiger partial charge in [0.25, 0.3) is 0 Å². The van der Waals surface area contributed by atoms with E-state index in [2.05, 4.69) is 5.32 Å². The van der Waals surface area contributed by atoms with Gasteiger partial charge in [-0.2, -0.15) is 0 Å². The zero-order chi connectivity index (χ0) is 21.1. The van der Waals surface area contributed by atoms with E-state index < -0.39 is 0 Å². The molecule has 6 heteroatoms. The van der Waals surface area contributed by atoms with Crippen LogP contribution in [-0.4, -0.2) is 24.1 Å². The number of ether oxygens (including phenoxy) is 1. The van der Waals surface area contributed by atoms with Gasteiger partial charge in [-0.1, -0.05) is 36.4 Å². The average molecular weight is 400 g/mol. The van der Waals surface area contributed by atoms with E-state index in [4.69, 9.17) is 10.5 Å². The highest BCUT2D eigenvalue weighted by atomic mass is 16.5. The summed E-state index contributed by atoms with van der Waals surface area (Å²) in [6.45, 7) is 0.357. The van der Waals surface area contributed by atoms with Gasteiger partial charge in [0.05, 0.1) is 12.3 Å². The molecule has 0 aliphatic heterocycles. The van der Waals surface area contributed by atoms with Crippen LogP contribution in [0.4, 0.5) is 11.4 Å². The molecule has 3 aromatic carbocycles. The Bertz CT molecular complexity index is 1150. The maximum atomic E-state index is 12.8. The van der Waals surface area contributed by atoms with Crippen molar-refractivity contribution in [2.75, 3.05) is 17.7 Å². The molecule has 0 saturated carbocycles. The first-order valence-corrected chi connectivity index (χ1v) is 9.64. The van der Waals surface area contributed by atoms with Crippen molar-refractivity contribution in [2.24, 2.45) is 0 Å². The number of anilines is 2. The van der Waals surface area contributed by atoms with Crippen LogP contribution in [0.5, 0.6) is 5.75 Å². The smallest absolute Gasteiger partial charge is 0.224 e. The van der Waals surface area contributed by atoms with E-state index in [1.165, 1.54) is 0 Å². The molecule has 3 N–H and O–H groups in total. The lowest BCUT2D eigenvalue weighted by atomic mass is 9.84. The molecule has 1 aliphatic carbocycles. The van der Waals surface area contributed by atoms with Gasteiger partial charge in [0.15, 0.2) is 11.6 Å². The van der Waals surface area contributed by atoms with Gasteiger partial charge in [-0.3, -0.25) is 14.4 Å². The van der Waals surface area contributed by atoms with Gasteiger partial charge in [0, 0.05) is 34.4 Å². The SMILES string of the molecule is Nc1ccccc1OCCCC(=O)Nc1ccc2c(c1)C(=O)c1ccccc1C2=O. The number of fused-ring (bicyclic) bond motifs is 2. The van der Waals surface area contributed by atoms with Crippen molar-refractivity contribution in [1.82, 2.24) is 0 Å². The van der Waals surface area contributed by atoms with Crippen LogP contribution in [-0.2, 0) is 4.79 Å². The molecule has 30 heavy (non-hydrogen) atoms. The number of para-hydroxylation sites is 2. The Labute approximate surface area is 173 Å². The predicted molar refractivity (Wildman–Crippen MR) is 114 cm³/mol. The second-order valence-electron chi connectivity index (χ2n) is 7.00. The number of carbonyl (C=O) groups is 3. The molecule has 150 valence electrons. The quantitative estimate of drug-likeness (QED) is 0.378. The van der Waals surface area contributed by atoms with Gasteiger partial charge in [-0.15, -0.1) is 0 Å². The fourth-order valence-corrected chi connectivity index (χ4v) is 3.43. The number of hydrogen-bond donors (Lipinski definition) is 2. The average Bonchev–Trinajstić information content (AvgIpc) is 2.76. The number of hydrogen-bond acceptors (Lipinski definition) is 5. The van der Waals surface area contributed by atoms with Crippen molar-refractivity contribution in [2.45, 2.75) is 12.8 Å². The van der Waals surface area contributed by atoms with E-state index >= 15 is 0 Å². The number of amides is 1. The molecule has 0 saturated heterocycles. The molecule has 4 rings (SSSR count). The van der Waals surface area contributed by atoms with E-state index in [-0.39, 0.29) is 23.9 Å². The van der Waals surface area contributed by atoms with Crippen LogP contribution in [0.15, 0.2) is 66.7 Å². The van der Waals surface area contributed by atoms with Crippen molar-refractivity contribution in [3.8, 4) is 5.75 Å². The van der Waals surface area contributed by atoms with Crippen molar-refractivity contribution in [3.05, 3.63) is 89.0 Å². The molecule has 0 bridgehead atoms. The van der Waals surface area contributed by atoms with E-state index in [9.17, 15) is 14.4 Å². The lowest BCUT2D eigenvalue weighted by molar-refractivity contribution is -0.116. The molecular weight excluding hydrogens is 380 g/mol. The Balaban J connectivity index is 1.38. The highest BCUT2D eigenvalue weighted by molar-refractivity contribution is 6.28. The van der Waals surface area contributed by atoms with Gasteiger partial charge in [0.2, 0.25) is 5.91 Å². The molecule has 3 aromatic rings. The highest BCUT2D eigenvalue weighted by Gasteiger charge is 2.29. The van der Waals surface area contributed by atoms with Crippen LogP contribution in [0.1, 0.15) is 44.7 Å². The summed E-state index contributed by atoms with van der Waals surface area (Å²) in [6, 6.07) is 18.7. The molecule has 1 amide bonds. The highest BCUT2D eigenvalue weighted by Crippen LogP contribution is 2.29. The van der Waals surface area contributed by atoms with Gasteiger partial charge in [0.1, 0.15) is 5.75 Å². The third-order valence-electron chi connectivity index (χ3n) is 4.93. The van der Waals surface area contributed by atoms with Crippen molar-refractivity contribution in [1.29, 1.82) is 0 Å². The summed E-state index contributed by atoms with van der Waals surface area (Å²) in [5.41, 5.74) is 8.30. The number of rotatable bonds is 6. The first kappa shape index (κ1) is 19.4. The Morgan fingerprint density at radius 3 is 2.20 bits per heavy atom. The number of carbonyl (C=O) groups excluding carboxylic acids is 3. The molecule has 0 aromatic heterocycles. The zero-order valence-electron chi connectivity index (χ0n) is 16.2. The number of nitrogen functional groups attached to an aromatic ring is 1. The zero-order valence-corrected chi connectivity index (χ0v) is 16.2. The van der Waals surface area contributed by atoms with Gasteiger partial charge in [-0.05, 0) is 36.8 Å². The lowest BCUT2D eigenvalue weighted by Gasteiger charge is -2.18. The van der Waals surface area contributed by atoms with Gasteiger partial charge < -0.3 is 15.8 Å². The van der Waals surface area contributed by atoms with Crippen LogP contribution in [0.3, 0.4) is 0 Å². The molecule has 0 fully saturated rings. The normalized spacial score (nSPS) is 12.1. The summed E-state index contributed by atoms with van der Waals surface area (Å²) in [5, 5.41) is 2.78. The molecule has 6 nitrogen and oxygen atoms in total. The summed E-state index contributed by atoms with van der Waals surface area (Å²) in [6.07, 6.45) is 0.759. The van der Waals surface area contributed by atoms with E-state index in [1.807, 2.05) is 12.1 Å². The van der Waals surface area contributed by atoms with E-state index in [0.717, 1.165) is 0 Å². The van der Waals surface area contributed by atoms with Gasteiger partial charge >= 0.3 is 0 Å². The van der Waals surface area contributed by atoms with Crippen molar-refractivity contribution in [3.63, 3.8) is 0 Å². The van der Waals surface area contributed by atoms with Crippen LogP contribution in [0, 0.1) is 0 Å². The number of ketones is 2. The molecule has 0 radical (unpaired) electrons. The molecule has 0 heterocycles. The second-order valence-corrected chi connectivity index (χ2v) is 7.00. The fraction of sp³-hybridized carbons (Fsp3) is 0.125. The van der Waals surface area contributed by atoms with Crippen LogP contribution in [0.25, 0.3) is 0 Å². The Hall–Kier alpha value is -3.93. The standard InChI is InChI=1S/C24H20N2O4/c25-20-8-3-4-9-21(20)30-13-5-10-22(27)26-15-11-12-18-19(14-15)24(29)17-7-2-1-6-16(17)23(18)28/h1-4,6-9,11-12,14H,5,10,13,25H2,(H,26,27). The monoisotopic (exact) mass is 400 g/mol. The Morgan fingerprint density at radius 1 is 0.833 bits per heavy atom. The van der Waals surface area contributed by atoms with E-state index in [1.54, 1.807) is 54.6 Å². The maximum absolute atomic E-state index is 12.8. The predicted octanol–water partition coefficient (Wildman–Crippen LogP) is 3.84. The summed E-state index contributed by atoms with van der Waals surface area (Å²) in [5.74, 6) is -0.00816. The molecule has 0 atom stereocenters. The Morgan fingerprint density at radius 2 is 1.47 bits per heavy atom. The second kappa shape index (κ2) is 8.21. The third-order valence-corrected chi connectivity index (χ3v) is 4.93. The Kier molecular flexibility index (Phi) is 5.30. The molecule has 0 spiro atoms. The van der Waals surface area contributed by atoms with Crippen molar-refractivity contribution >= 4 is 28.8 Å². The minimum atomic E-state index is -0.217. The summed E-state index contributed by atoms with van der Waals surface area (Å²) < 4.78 is 5.58. The minimum Gasteiger partial charge on any atom is -0.491 e. The van der Waals surface area contributed by atoms with Crippen LogP contribution < -0.4 is 15.8 Å². The van der Waals surface area contributed by atoms with Crippen LogP contribution in [0.2, 0.25) is 0 Å². The number of benzene rings is 3. The number of nitrogens with two attached hydrogens (primary N) is 1. The largest absolute Gasteiger partial charge is 0.491 e. The minimum absolute atomic E-state index is 0.185. The third kappa shape index (κ3) is 3.80. The molecular formula is C24H20N2O4. The first-order valence-electron chi connectivity index (χ1n) is 9.64. The summed E-state index contributed by atoms with van der Waals surface area (Å²) >= 11 is 0. The maximum Gasteiger partial charge on any atom is 0.224 e. The molecule has 1 aliphatic rings. The fourth-order valence-electron chi connectivity index (χ4n) is 3.43. The number of nitrogens with one attached hydrogen (secondary N) is 1. The van der Waals surface area contributed by atoms with Gasteiger partial charge in [-0.25, -0.2) is 0 Å². The van der Waals surface area contributed by atoms with Crippen LogP contribution >= 0.6 is 0 Å². The summed E-state index contributed by atoms with van der Waals surface area (Å²) in [7, 11) is 0. The first-order chi connectivity index (χ1) is 14.5. The summed E-state index contributed by atoms with van der Waals surface area (Å²) in [4.78, 5) is 37.7. The van der Waals surface area contributed by atoms with Crippen molar-refractivity contribution < 1.29 is 19.1 Å².